The molecule has 2 rings (SSSR count). The first-order chi connectivity index (χ1) is 8.81. The van der Waals surface area contributed by atoms with E-state index < -0.39 is 0 Å². The van der Waals surface area contributed by atoms with Crippen LogP contribution >= 0.6 is 0 Å². The van der Waals surface area contributed by atoms with Crippen molar-refractivity contribution < 1.29 is 14.2 Å². The monoisotopic (exact) mass is 254 g/mol. The number of hydrogen-bond acceptors (Lipinski definition) is 7. The standard InChI is InChI=1S/C11H18N4O3/c1-16-9-13-10(17-2)15-11(14-9)18-7-8-3-5-12-6-4-8/h8,12H,3-7H2,1-2H3. The van der Waals surface area contributed by atoms with Gasteiger partial charge in [0.25, 0.3) is 0 Å². The van der Waals surface area contributed by atoms with Crippen LogP contribution in [-0.4, -0.2) is 48.9 Å². The summed E-state index contributed by atoms with van der Waals surface area (Å²) in [6.07, 6.45) is 2.22. The molecule has 18 heavy (non-hydrogen) atoms. The second kappa shape index (κ2) is 6.34. The molecular weight excluding hydrogens is 236 g/mol. The van der Waals surface area contributed by atoms with E-state index in [1.807, 2.05) is 0 Å². The molecule has 0 radical (unpaired) electrons. The minimum atomic E-state index is 0.196. The fourth-order valence-electron chi connectivity index (χ4n) is 1.81. The van der Waals surface area contributed by atoms with Gasteiger partial charge < -0.3 is 19.5 Å². The Morgan fingerprint density at radius 3 is 2.11 bits per heavy atom. The van der Waals surface area contributed by atoms with Crippen molar-refractivity contribution in [2.45, 2.75) is 12.8 Å². The van der Waals surface area contributed by atoms with Crippen molar-refractivity contribution in [1.29, 1.82) is 0 Å². The van der Waals surface area contributed by atoms with Gasteiger partial charge in [0.1, 0.15) is 0 Å². The molecule has 0 bridgehead atoms. The maximum atomic E-state index is 5.58. The van der Waals surface area contributed by atoms with Gasteiger partial charge in [0.2, 0.25) is 0 Å². The maximum Gasteiger partial charge on any atom is 0.325 e. The minimum absolute atomic E-state index is 0.196. The van der Waals surface area contributed by atoms with E-state index in [0.717, 1.165) is 25.9 Å². The Bertz CT molecular complexity index is 360. The Kier molecular flexibility index (Phi) is 4.52. The fraction of sp³-hybridized carbons (Fsp3) is 0.727. The molecule has 1 saturated heterocycles. The zero-order valence-electron chi connectivity index (χ0n) is 10.7. The predicted octanol–water partition coefficient (Wildman–Crippen LogP) is 0.267. The van der Waals surface area contributed by atoms with E-state index >= 15 is 0 Å². The quantitative estimate of drug-likeness (QED) is 0.807. The van der Waals surface area contributed by atoms with Crippen molar-refractivity contribution >= 4 is 0 Å². The normalized spacial score (nSPS) is 16.3. The fourth-order valence-corrected chi connectivity index (χ4v) is 1.81. The van der Waals surface area contributed by atoms with E-state index in [4.69, 9.17) is 14.2 Å². The van der Waals surface area contributed by atoms with Crippen LogP contribution < -0.4 is 19.5 Å². The van der Waals surface area contributed by atoms with Crippen molar-refractivity contribution in [2.24, 2.45) is 5.92 Å². The van der Waals surface area contributed by atoms with Crippen LogP contribution in [0, 0.1) is 5.92 Å². The summed E-state index contributed by atoms with van der Waals surface area (Å²) in [5.41, 5.74) is 0. The van der Waals surface area contributed by atoms with Crippen LogP contribution in [0.2, 0.25) is 0 Å². The van der Waals surface area contributed by atoms with Gasteiger partial charge >= 0.3 is 18.0 Å². The Labute approximate surface area is 106 Å². The molecule has 0 aliphatic carbocycles. The third kappa shape index (κ3) is 3.43. The number of ether oxygens (including phenoxy) is 3. The summed E-state index contributed by atoms with van der Waals surface area (Å²) < 4.78 is 15.5. The molecule has 100 valence electrons. The van der Waals surface area contributed by atoms with Crippen molar-refractivity contribution in [1.82, 2.24) is 20.3 Å². The van der Waals surface area contributed by atoms with Crippen LogP contribution in [0.1, 0.15) is 12.8 Å². The van der Waals surface area contributed by atoms with Gasteiger partial charge in [-0.15, -0.1) is 15.0 Å². The number of hydrogen-bond donors (Lipinski definition) is 1. The minimum Gasteiger partial charge on any atom is -0.467 e. The van der Waals surface area contributed by atoms with Crippen LogP contribution in [0.3, 0.4) is 0 Å². The molecule has 1 aromatic heterocycles. The largest absolute Gasteiger partial charge is 0.467 e. The average molecular weight is 254 g/mol. The van der Waals surface area contributed by atoms with Gasteiger partial charge in [-0.2, -0.15) is 0 Å². The second-order valence-electron chi connectivity index (χ2n) is 4.10. The summed E-state index contributed by atoms with van der Waals surface area (Å²) in [6, 6.07) is 0.640. The molecule has 0 saturated carbocycles. The van der Waals surface area contributed by atoms with Crippen LogP contribution in [0.15, 0.2) is 0 Å². The first-order valence-corrected chi connectivity index (χ1v) is 5.99. The van der Waals surface area contributed by atoms with E-state index in [2.05, 4.69) is 20.3 Å². The molecule has 0 amide bonds. The van der Waals surface area contributed by atoms with E-state index in [-0.39, 0.29) is 18.0 Å². The van der Waals surface area contributed by atoms with E-state index in [9.17, 15) is 0 Å². The molecule has 0 aromatic carbocycles. The summed E-state index contributed by atoms with van der Waals surface area (Å²) >= 11 is 0. The van der Waals surface area contributed by atoms with Gasteiger partial charge in [-0.05, 0) is 31.8 Å². The molecule has 2 heterocycles. The Balaban J connectivity index is 1.94. The number of nitrogens with zero attached hydrogens (tertiary/aromatic N) is 3. The molecule has 0 unspecified atom stereocenters. The highest BCUT2D eigenvalue weighted by Crippen LogP contribution is 2.17. The Morgan fingerprint density at radius 1 is 1.00 bits per heavy atom. The highest BCUT2D eigenvalue weighted by atomic mass is 16.5. The highest BCUT2D eigenvalue weighted by molar-refractivity contribution is 5.08. The number of methoxy groups -OCH3 is 2. The first kappa shape index (κ1) is 12.8. The number of nitrogens with one attached hydrogen (secondary N) is 1. The molecule has 1 N–H and O–H groups in total. The van der Waals surface area contributed by atoms with Crippen LogP contribution in [-0.2, 0) is 0 Å². The molecule has 0 spiro atoms. The third-order valence-electron chi connectivity index (χ3n) is 2.85. The molecule has 7 heteroatoms. The van der Waals surface area contributed by atoms with E-state index in [1.54, 1.807) is 0 Å². The van der Waals surface area contributed by atoms with Gasteiger partial charge in [0, 0.05) is 0 Å². The third-order valence-corrected chi connectivity index (χ3v) is 2.85. The topological polar surface area (TPSA) is 78.4 Å². The first-order valence-electron chi connectivity index (χ1n) is 5.99. The van der Waals surface area contributed by atoms with Crippen molar-refractivity contribution in [2.75, 3.05) is 33.9 Å². The average Bonchev–Trinajstić information content (AvgIpc) is 2.45. The zero-order chi connectivity index (χ0) is 12.8. The SMILES string of the molecule is COc1nc(OC)nc(OCC2CCNCC2)n1. The Hall–Kier alpha value is -1.63. The van der Waals surface area contributed by atoms with E-state index in [1.165, 1.54) is 14.2 Å². The molecule has 7 nitrogen and oxygen atoms in total. The van der Waals surface area contributed by atoms with Gasteiger partial charge in [0.05, 0.1) is 20.8 Å². The lowest BCUT2D eigenvalue weighted by Gasteiger charge is -2.22. The molecule has 1 aliphatic rings. The molecule has 1 aromatic rings. The molecule has 1 aliphatic heterocycles. The van der Waals surface area contributed by atoms with Crippen LogP contribution in [0.25, 0.3) is 0 Å². The Morgan fingerprint density at radius 2 is 1.56 bits per heavy atom. The summed E-state index contributed by atoms with van der Waals surface area (Å²) in [4.78, 5) is 12.0. The van der Waals surface area contributed by atoms with Crippen LogP contribution in [0.4, 0.5) is 0 Å². The molecule has 1 fully saturated rings. The summed E-state index contributed by atoms with van der Waals surface area (Å²) in [7, 11) is 2.98. The van der Waals surface area contributed by atoms with Gasteiger partial charge in [-0.25, -0.2) is 0 Å². The van der Waals surface area contributed by atoms with Crippen molar-refractivity contribution in [3.8, 4) is 18.0 Å². The highest BCUT2D eigenvalue weighted by Gasteiger charge is 2.15. The van der Waals surface area contributed by atoms with E-state index in [0.29, 0.717) is 12.5 Å². The molecular formula is C11H18N4O3. The predicted molar refractivity (Wildman–Crippen MR) is 64.0 cm³/mol. The maximum absolute atomic E-state index is 5.58. The number of piperidine rings is 1. The lowest BCUT2D eigenvalue weighted by molar-refractivity contribution is 0.195. The summed E-state index contributed by atoms with van der Waals surface area (Å²) in [5, 5.41) is 3.31. The van der Waals surface area contributed by atoms with Crippen molar-refractivity contribution in [3.05, 3.63) is 0 Å². The van der Waals surface area contributed by atoms with Gasteiger partial charge in [0.15, 0.2) is 0 Å². The van der Waals surface area contributed by atoms with Gasteiger partial charge in [-0.3, -0.25) is 0 Å². The smallest absolute Gasteiger partial charge is 0.325 e. The van der Waals surface area contributed by atoms with Crippen LogP contribution in [0.5, 0.6) is 18.0 Å². The summed E-state index contributed by atoms with van der Waals surface area (Å²) in [5.74, 6) is 0.542. The van der Waals surface area contributed by atoms with Crippen molar-refractivity contribution in [3.63, 3.8) is 0 Å². The molecule has 0 atom stereocenters. The lowest BCUT2D eigenvalue weighted by Crippen LogP contribution is -2.30. The lowest BCUT2D eigenvalue weighted by atomic mass is 9.99. The number of aromatic nitrogens is 3. The number of rotatable bonds is 5. The summed E-state index contributed by atoms with van der Waals surface area (Å²) in [6.45, 7) is 2.69. The second-order valence-corrected chi connectivity index (χ2v) is 4.10. The zero-order valence-corrected chi connectivity index (χ0v) is 10.7. The van der Waals surface area contributed by atoms with Gasteiger partial charge in [-0.1, -0.05) is 0 Å².